The third-order valence-electron chi connectivity index (χ3n) is 3.95. The zero-order chi connectivity index (χ0) is 20.9. The molecule has 0 aromatic carbocycles. The number of pyridine rings is 1. The van der Waals surface area contributed by atoms with E-state index in [9.17, 15) is 18.4 Å². The fraction of sp³-hybridized carbons (Fsp3) is 0.556. The Kier molecular flexibility index (Phi) is 6.38. The van der Waals surface area contributed by atoms with Gasteiger partial charge in [0.05, 0.1) is 11.6 Å². The van der Waals surface area contributed by atoms with Crippen molar-refractivity contribution in [3.8, 4) is 6.07 Å². The molecule has 2 rings (SSSR count). The zero-order valence-electron chi connectivity index (χ0n) is 15.9. The smallest absolute Gasteiger partial charge is 0.407 e. The second-order valence-corrected chi connectivity index (χ2v) is 7.70. The standard InChI is InChI=1S/C18H23F2N5O3/c1-17(2,3)28-16(27)23-13-7-12(8-18(19,20)9-13)15(26)25-24-14-6-11(10-21)4-5-22-14/h4-6,12-13H,7-9H2,1-3H3,(H,22,24)(H,23,27)(H,25,26)/t12-,13+/m1/s1. The van der Waals surface area contributed by atoms with Crippen LogP contribution in [0.3, 0.4) is 0 Å². The lowest BCUT2D eigenvalue weighted by Gasteiger charge is -2.34. The number of hydrogen-bond acceptors (Lipinski definition) is 6. The van der Waals surface area contributed by atoms with Gasteiger partial charge in [0.15, 0.2) is 0 Å². The van der Waals surface area contributed by atoms with Gasteiger partial charge in [-0.3, -0.25) is 15.6 Å². The lowest BCUT2D eigenvalue weighted by atomic mass is 9.82. The number of hydrogen-bond donors (Lipinski definition) is 3. The van der Waals surface area contributed by atoms with E-state index in [2.05, 4.69) is 21.2 Å². The van der Waals surface area contributed by atoms with Crippen LogP contribution < -0.4 is 16.2 Å². The number of carbonyl (C=O) groups excluding carboxylic acids is 2. The Bertz CT molecular complexity index is 773. The van der Waals surface area contributed by atoms with Gasteiger partial charge in [-0.1, -0.05) is 0 Å². The van der Waals surface area contributed by atoms with Gasteiger partial charge in [0.2, 0.25) is 5.91 Å². The Morgan fingerprint density at radius 3 is 2.71 bits per heavy atom. The maximum absolute atomic E-state index is 14.1. The number of amides is 2. The summed E-state index contributed by atoms with van der Waals surface area (Å²) in [5.41, 5.74) is 4.42. The van der Waals surface area contributed by atoms with E-state index in [1.54, 1.807) is 20.8 Å². The van der Waals surface area contributed by atoms with Crippen molar-refractivity contribution in [1.82, 2.24) is 15.7 Å². The first-order chi connectivity index (χ1) is 13.0. The van der Waals surface area contributed by atoms with Crippen molar-refractivity contribution in [3.05, 3.63) is 23.9 Å². The number of nitriles is 1. The molecule has 3 N–H and O–H groups in total. The summed E-state index contributed by atoms with van der Waals surface area (Å²) in [6, 6.07) is 3.92. The summed E-state index contributed by atoms with van der Waals surface area (Å²) in [5.74, 6) is -4.56. The van der Waals surface area contributed by atoms with Gasteiger partial charge in [-0.15, -0.1) is 0 Å². The van der Waals surface area contributed by atoms with E-state index in [4.69, 9.17) is 10.00 Å². The highest BCUT2D eigenvalue weighted by atomic mass is 19.3. The molecule has 8 nitrogen and oxygen atoms in total. The molecule has 0 radical (unpaired) electrons. The van der Waals surface area contributed by atoms with Crippen LogP contribution >= 0.6 is 0 Å². The Morgan fingerprint density at radius 1 is 1.36 bits per heavy atom. The topological polar surface area (TPSA) is 116 Å². The fourth-order valence-electron chi connectivity index (χ4n) is 2.89. The van der Waals surface area contributed by atoms with Crippen molar-refractivity contribution in [1.29, 1.82) is 5.26 Å². The molecule has 0 unspecified atom stereocenters. The molecule has 2 atom stereocenters. The van der Waals surface area contributed by atoms with Gasteiger partial charge in [-0.05, 0) is 39.3 Å². The minimum atomic E-state index is -3.10. The number of alkyl halides is 2. The van der Waals surface area contributed by atoms with E-state index in [0.29, 0.717) is 5.56 Å². The van der Waals surface area contributed by atoms with Gasteiger partial charge in [0.25, 0.3) is 5.92 Å². The molecule has 0 bridgehead atoms. The third kappa shape index (κ3) is 6.64. The van der Waals surface area contributed by atoms with Gasteiger partial charge in [0.1, 0.15) is 11.4 Å². The van der Waals surface area contributed by atoms with Crippen molar-refractivity contribution in [3.63, 3.8) is 0 Å². The second-order valence-electron chi connectivity index (χ2n) is 7.70. The normalized spacial score (nSPS) is 21.1. The molecule has 152 valence electrons. The Hall–Kier alpha value is -2.96. The minimum Gasteiger partial charge on any atom is -0.444 e. The lowest BCUT2D eigenvalue weighted by Crippen LogP contribution is -2.50. The number of anilines is 1. The fourth-order valence-corrected chi connectivity index (χ4v) is 2.89. The Labute approximate surface area is 161 Å². The first kappa shape index (κ1) is 21.3. The number of carbonyl (C=O) groups is 2. The van der Waals surface area contributed by atoms with Crippen LogP contribution in [0.25, 0.3) is 0 Å². The first-order valence-corrected chi connectivity index (χ1v) is 8.77. The van der Waals surface area contributed by atoms with Crippen molar-refractivity contribution in [2.45, 2.75) is 57.6 Å². The minimum absolute atomic E-state index is 0.0496. The maximum atomic E-state index is 14.1. The number of aromatic nitrogens is 1. The molecule has 1 saturated carbocycles. The number of halogens is 2. The highest BCUT2D eigenvalue weighted by Crippen LogP contribution is 2.37. The first-order valence-electron chi connectivity index (χ1n) is 8.77. The quantitative estimate of drug-likeness (QED) is 0.675. The van der Waals surface area contributed by atoms with E-state index < -0.39 is 48.3 Å². The molecule has 1 fully saturated rings. The summed E-state index contributed by atoms with van der Waals surface area (Å²) in [7, 11) is 0. The van der Waals surface area contributed by atoms with Crippen LogP contribution in [0.5, 0.6) is 0 Å². The molecular formula is C18H23F2N5O3. The molecule has 1 heterocycles. The molecule has 10 heteroatoms. The van der Waals surface area contributed by atoms with E-state index in [-0.39, 0.29) is 12.2 Å². The summed E-state index contributed by atoms with van der Waals surface area (Å²) in [5, 5.41) is 11.3. The van der Waals surface area contributed by atoms with Crippen LogP contribution in [-0.2, 0) is 9.53 Å². The van der Waals surface area contributed by atoms with Crippen molar-refractivity contribution >= 4 is 17.8 Å². The van der Waals surface area contributed by atoms with Gasteiger partial charge < -0.3 is 10.1 Å². The SMILES string of the molecule is CC(C)(C)OC(=O)N[C@H]1C[C@@H](C(=O)NNc2cc(C#N)ccn2)CC(F)(F)C1. The van der Waals surface area contributed by atoms with Crippen molar-refractivity contribution < 1.29 is 23.1 Å². The largest absolute Gasteiger partial charge is 0.444 e. The van der Waals surface area contributed by atoms with Gasteiger partial charge >= 0.3 is 6.09 Å². The van der Waals surface area contributed by atoms with Crippen LogP contribution in [0.2, 0.25) is 0 Å². The number of hydrazine groups is 1. The summed E-state index contributed by atoms with van der Waals surface area (Å²) in [6.45, 7) is 5.00. The third-order valence-corrected chi connectivity index (χ3v) is 3.95. The predicted octanol–water partition coefficient (Wildman–Crippen LogP) is 2.73. The van der Waals surface area contributed by atoms with Crippen molar-refractivity contribution in [2.24, 2.45) is 5.92 Å². The summed E-state index contributed by atoms with van der Waals surface area (Å²) >= 11 is 0. The highest BCUT2D eigenvalue weighted by Gasteiger charge is 2.44. The monoisotopic (exact) mass is 395 g/mol. The van der Waals surface area contributed by atoms with Crippen LogP contribution in [0, 0.1) is 17.2 Å². The van der Waals surface area contributed by atoms with E-state index in [1.165, 1.54) is 18.3 Å². The summed E-state index contributed by atoms with van der Waals surface area (Å²) in [4.78, 5) is 28.1. The summed E-state index contributed by atoms with van der Waals surface area (Å²) < 4.78 is 33.2. The molecule has 0 saturated heterocycles. The predicted molar refractivity (Wildman–Crippen MR) is 96.2 cm³/mol. The van der Waals surface area contributed by atoms with Crippen LogP contribution in [0.15, 0.2) is 18.3 Å². The number of nitrogens with one attached hydrogen (secondary N) is 3. The van der Waals surface area contributed by atoms with Crippen LogP contribution in [0.1, 0.15) is 45.6 Å². The molecule has 2 amide bonds. The summed E-state index contributed by atoms with van der Waals surface area (Å²) in [6.07, 6.45) is -0.560. The lowest BCUT2D eigenvalue weighted by molar-refractivity contribution is -0.133. The van der Waals surface area contributed by atoms with Crippen LogP contribution in [-0.4, -0.2) is 34.5 Å². The molecule has 0 aliphatic heterocycles. The van der Waals surface area contributed by atoms with Gasteiger partial charge in [-0.25, -0.2) is 18.6 Å². The molecule has 1 aromatic rings. The molecule has 1 aliphatic rings. The van der Waals surface area contributed by atoms with Gasteiger partial charge in [-0.2, -0.15) is 5.26 Å². The molecule has 1 aliphatic carbocycles. The molecule has 1 aromatic heterocycles. The highest BCUT2D eigenvalue weighted by molar-refractivity contribution is 5.80. The molecule has 0 spiro atoms. The van der Waals surface area contributed by atoms with Crippen LogP contribution in [0.4, 0.5) is 19.4 Å². The average molecular weight is 395 g/mol. The number of alkyl carbamates (subject to hydrolysis) is 1. The Balaban J connectivity index is 1.96. The zero-order valence-corrected chi connectivity index (χ0v) is 15.9. The number of rotatable bonds is 4. The number of nitrogens with zero attached hydrogens (tertiary/aromatic N) is 2. The number of ether oxygens (including phenoxy) is 1. The maximum Gasteiger partial charge on any atom is 0.407 e. The van der Waals surface area contributed by atoms with E-state index in [1.807, 2.05) is 6.07 Å². The van der Waals surface area contributed by atoms with E-state index in [0.717, 1.165) is 0 Å². The molecular weight excluding hydrogens is 372 g/mol. The van der Waals surface area contributed by atoms with Gasteiger partial charge in [0, 0.05) is 31.0 Å². The second kappa shape index (κ2) is 8.37. The van der Waals surface area contributed by atoms with E-state index >= 15 is 0 Å². The van der Waals surface area contributed by atoms with Crippen molar-refractivity contribution in [2.75, 3.05) is 5.43 Å². The average Bonchev–Trinajstić information content (AvgIpc) is 2.56. The molecule has 28 heavy (non-hydrogen) atoms. The Morgan fingerprint density at radius 2 is 2.07 bits per heavy atom.